The number of fused-ring (bicyclic) bond motifs is 1. The van der Waals surface area contributed by atoms with E-state index in [9.17, 15) is 0 Å². The van der Waals surface area contributed by atoms with Gasteiger partial charge in [-0.1, -0.05) is 29.3 Å². The van der Waals surface area contributed by atoms with Crippen molar-refractivity contribution >= 4 is 34.1 Å². The monoisotopic (exact) mass is 392 g/mol. The number of benzene rings is 2. The maximum Gasteiger partial charge on any atom is 0.123 e. The molecule has 138 valence electrons. The van der Waals surface area contributed by atoms with E-state index in [1.54, 1.807) is 14.2 Å². The van der Waals surface area contributed by atoms with E-state index >= 15 is 0 Å². The molecule has 0 saturated heterocycles. The number of H-pyrrole nitrogens is 1. The molecule has 4 nitrogen and oxygen atoms in total. The predicted octanol–water partition coefficient (Wildman–Crippen LogP) is 5.44. The average Bonchev–Trinajstić information content (AvgIpc) is 3.04. The minimum atomic E-state index is 0.531. The summed E-state index contributed by atoms with van der Waals surface area (Å²) in [6.45, 7) is 0.678. The molecule has 0 fully saturated rings. The highest BCUT2D eigenvalue weighted by Gasteiger charge is 2.17. The van der Waals surface area contributed by atoms with Gasteiger partial charge in [0, 0.05) is 22.7 Å². The Hall–Kier alpha value is -1.88. The number of ether oxygens (including phenoxy) is 2. The van der Waals surface area contributed by atoms with E-state index in [0.717, 1.165) is 52.9 Å². The van der Waals surface area contributed by atoms with Gasteiger partial charge < -0.3 is 20.2 Å². The third-order valence-electron chi connectivity index (χ3n) is 4.49. The van der Waals surface area contributed by atoms with E-state index in [1.165, 1.54) is 5.56 Å². The van der Waals surface area contributed by atoms with Crippen LogP contribution in [0.3, 0.4) is 0 Å². The van der Waals surface area contributed by atoms with Crippen LogP contribution >= 0.6 is 23.2 Å². The molecule has 0 unspecified atom stereocenters. The van der Waals surface area contributed by atoms with Crippen molar-refractivity contribution in [2.75, 3.05) is 20.8 Å². The fourth-order valence-corrected chi connectivity index (χ4v) is 3.53. The van der Waals surface area contributed by atoms with E-state index in [1.807, 2.05) is 30.3 Å². The Labute approximate surface area is 163 Å². The molecular weight excluding hydrogens is 371 g/mol. The normalized spacial score (nSPS) is 11.1. The van der Waals surface area contributed by atoms with Crippen molar-refractivity contribution in [3.63, 3.8) is 0 Å². The van der Waals surface area contributed by atoms with Crippen molar-refractivity contribution < 1.29 is 9.47 Å². The molecule has 0 radical (unpaired) electrons. The first-order chi connectivity index (χ1) is 12.6. The van der Waals surface area contributed by atoms with Crippen molar-refractivity contribution in [3.8, 4) is 22.8 Å². The number of aromatic amines is 1. The Morgan fingerprint density at radius 2 is 1.69 bits per heavy atom. The third kappa shape index (κ3) is 3.63. The Morgan fingerprint density at radius 3 is 2.31 bits per heavy atom. The summed E-state index contributed by atoms with van der Waals surface area (Å²) in [7, 11) is 3.28. The SMILES string of the molecule is COc1cc(OC)cc(-c2[nH]c3c(Cl)c(Cl)ccc3c2CCCCN)c1. The molecule has 3 rings (SSSR count). The second-order valence-electron chi connectivity index (χ2n) is 6.11. The molecule has 1 heterocycles. The fraction of sp³-hybridized carbons (Fsp3) is 0.300. The first kappa shape index (κ1) is 18.9. The van der Waals surface area contributed by atoms with Crippen molar-refractivity contribution in [1.82, 2.24) is 4.98 Å². The molecule has 0 saturated carbocycles. The first-order valence-electron chi connectivity index (χ1n) is 8.51. The van der Waals surface area contributed by atoms with Gasteiger partial charge in [-0.2, -0.15) is 0 Å². The van der Waals surface area contributed by atoms with Gasteiger partial charge in [0.2, 0.25) is 0 Å². The van der Waals surface area contributed by atoms with Gasteiger partial charge in [-0.25, -0.2) is 0 Å². The number of rotatable bonds is 7. The zero-order valence-corrected chi connectivity index (χ0v) is 16.4. The molecule has 26 heavy (non-hydrogen) atoms. The lowest BCUT2D eigenvalue weighted by atomic mass is 10.00. The molecule has 0 amide bonds. The highest BCUT2D eigenvalue weighted by atomic mass is 35.5. The van der Waals surface area contributed by atoms with Gasteiger partial charge in [-0.15, -0.1) is 0 Å². The summed E-state index contributed by atoms with van der Waals surface area (Å²) < 4.78 is 10.8. The van der Waals surface area contributed by atoms with Gasteiger partial charge in [0.1, 0.15) is 11.5 Å². The smallest absolute Gasteiger partial charge is 0.123 e. The van der Waals surface area contributed by atoms with Crippen LogP contribution in [-0.2, 0) is 6.42 Å². The highest BCUT2D eigenvalue weighted by molar-refractivity contribution is 6.45. The molecule has 3 N–H and O–H groups in total. The number of hydrogen-bond donors (Lipinski definition) is 2. The number of unbranched alkanes of at least 4 members (excludes halogenated alkanes) is 1. The molecule has 0 bridgehead atoms. The lowest BCUT2D eigenvalue weighted by Crippen LogP contribution is -1.99. The van der Waals surface area contributed by atoms with Crippen LogP contribution in [0.5, 0.6) is 11.5 Å². The zero-order chi connectivity index (χ0) is 18.7. The number of nitrogens with two attached hydrogens (primary N) is 1. The summed E-state index contributed by atoms with van der Waals surface area (Å²) in [5.41, 5.74) is 9.69. The summed E-state index contributed by atoms with van der Waals surface area (Å²) in [6, 6.07) is 9.66. The largest absolute Gasteiger partial charge is 0.497 e. The van der Waals surface area contributed by atoms with Crippen molar-refractivity contribution in [2.24, 2.45) is 5.73 Å². The van der Waals surface area contributed by atoms with Gasteiger partial charge in [0.05, 0.1) is 29.8 Å². The Kier molecular flexibility index (Phi) is 5.97. The number of aromatic nitrogens is 1. The third-order valence-corrected chi connectivity index (χ3v) is 5.30. The second kappa shape index (κ2) is 8.21. The predicted molar refractivity (Wildman–Crippen MR) is 109 cm³/mol. The zero-order valence-electron chi connectivity index (χ0n) is 14.9. The Morgan fingerprint density at radius 1 is 1.00 bits per heavy atom. The lowest BCUT2D eigenvalue weighted by molar-refractivity contribution is 0.394. The molecule has 3 aromatic rings. The number of aryl methyl sites for hydroxylation is 1. The van der Waals surface area contributed by atoms with Crippen LogP contribution in [0.4, 0.5) is 0 Å². The first-order valence-corrected chi connectivity index (χ1v) is 9.26. The molecule has 2 aromatic carbocycles. The van der Waals surface area contributed by atoms with Crippen LogP contribution in [0.2, 0.25) is 10.0 Å². The van der Waals surface area contributed by atoms with Crippen molar-refractivity contribution in [2.45, 2.75) is 19.3 Å². The van der Waals surface area contributed by atoms with E-state index in [2.05, 4.69) is 4.98 Å². The average molecular weight is 393 g/mol. The van der Waals surface area contributed by atoms with Gasteiger partial charge in [0.15, 0.2) is 0 Å². The van der Waals surface area contributed by atoms with Crippen LogP contribution in [-0.4, -0.2) is 25.7 Å². The molecule has 0 spiro atoms. The second-order valence-corrected chi connectivity index (χ2v) is 6.89. The summed E-state index contributed by atoms with van der Waals surface area (Å²) >= 11 is 12.7. The standard InChI is InChI=1S/C20H22Cl2N2O2/c1-25-13-9-12(10-14(11-13)26-2)19-15(5-3-4-8-23)16-6-7-17(21)18(22)20(16)24-19/h6-7,9-11,24H,3-5,8,23H2,1-2H3. The maximum atomic E-state index is 6.44. The van der Waals surface area contributed by atoms with Crippen LogP contribution in [0.25, 0.3) is 22.2 Å². The summed E-state index contributed by atoms with van der Waals surface area (Å²) in [6.07, 6.45) is 2.86. The van der Waals surface area contributed by atoms with E-state index in [4.69, 9.17) is 38.4 Å². The van der Waals surface area contributed by atoms with Crippen LogP contribution in [0.1, 0.15) is 18.4 Å². The van der Waals surface area contributed by atoms with Crippen LogP contribution in [0, 0.1) is 0 Å². The molecule has 0 aliphatic heterocycles. The van der Waals surface area contributed by atoms with Crippen LogP contribution in [0.15, 0.2) is 30.3 Å². The summed E-state index contributed by atoms with van der Waals surface area (Å²) in [4.78, 5) is 3.46. The van der Waals surface area contributed by atoms with Crippen molar-refractivity contribution in [1.29, 1.82) is 0 Å². The number of methoxy groups -OCH3 is 2. The highest BCUT2D eigenvalue weighted by Crippen LogP contribution is 2.39. The van der Waals surface area contributed by atoms with Gasteiger partial charge in [0.25, 0.3) is 0 Å². The molecule has 0 atom stereocenters. The minimum absolute atomic E-state index is 0.531. The maximum absolute atomic E-state index is 6.44. The fourth-order valence-electron chi connectivity index (χ4n) is 3.16. The Bertz CT molecular complexity index is 900. The van der Waals surface area contributed by atoms with E-state index in [0.29, 0.717) is 16.6 Å². The molecule has 0 aliphatic carbocycles. The number of halogens is 2. The lowest BCUT2D eigenvalue weighted by Gasteiger charge is -2.10. The molecular formula is C20H22Cl2N2O2. The quantitative estimate of drug-likeness (QED) is 0.526. The van der Waals surface area contributed by atoms with Gasteiger partial charge in [-0.3, -0.25) is 0 Å². The minimum Gasteiger partial charge on any atom is -0.497 e. The molecule has 1 aromatic heterocycles. The van der Waals surface area contributed by atoms with E-state index in [-0.39, 0.29) is 0 Å². The topological polar surface area (TPSA) is 60.3 Å². The van der Waals surface area contributed by atoms with E-state index < -0.39 is 0 Å². The van der Waals surface area contributed by atoms with Gasteiger partial charge in [-0.05, 0) is 49.6 Å². The van der Waals surface area contributed by atoms with Crippen LogP contribution < -0.4 is 15.2 Å². The van der Waals surface area contributed by atoms with Gasteiger partial charge >= 0.3 is 0 Å². The molecule has 0 aliphatic rings. The number of hydrogen-bond acceptors (Lipinski definition) is 3. The summed E-state index contributed by atoms with van der Waals surface area (Å²) in [5.74, 6) is 1.46. The number of nitrogens with one attached hydrogen (secondary N) is 1. The Balaban J connectivity index is 2.20. The summed E-state index contributed by atoms with van der Waals surface area (Å²) in [5, 5.41) is 2.14. The van der Waals surface area contributed by atoms with Crippen molar-refractivity contribution in [3.05, 3.63) is 45.9 Å². The molecule has 6 heteroatoms.